The molecule has 7 heteroatoms. The number of carbonyl (C=O) groups is 1. The van der Waals surface area contributed by atoms with Crippen molar-refractivity contribution in [3.63, 3.8) is 0 Å². The standard InChI is InChI=1S/C22H30N4OS.HI/c1-2-23-22(25-13-7-12-24-21(27)20-10-6-15-28-20)26-14-11-19(17-26)16-18-8-4-3-5-9-18;/h3-6,8-10,15,19H,2,7,11-14,16-17H2,1H3,(H,23,25)(H,24,27);1H. The molecular weight excluding hydrogens is 495 g/mol. The van der Waals surface area contributed by atoms with Crippen molar-refractivity contribution in [2.75, 3.05) is 32.7 Å². The molecule has 5 nitrogen and oxygen atoms in total. The average molecular weight is 526 g/mol. The fraction of sp³-hybridized carbons (Fsp3) is 0.455. The summed E-state index contributed by atoms with van der Waals surface area (Å²) in [5.41, 5.74) is 1.41. The van der Waals surface area contributed by atoms with Gasteiger partial charge in [0.2, 0.25) is 0 Å². The summed E-state index contributed by atoms with van der Waals surface area (Å²) >= 11 is 1.47. The smallest absolute Gasteiger partial charge is 0.261 e. The third-order valence-electron chi connectivity index (χ3n) is 4.91. The first kappa shape index (κ1) is 23.7. The molecule has 2 N–H and O–H groups in total. The van der Waals surface area contributed by atoms with Crippen LogP contribution in [0.3, 0.4) is 0 Å². The Bertz CT molecular complexity index is 751. The minimum atomic E-state index is 0. The van der Waals surface area contributed by atoms with E-state index < -0.39 is 0 Å². The molecular formula is C22H31IN4OS. The Kier molecular flexibility index (Phi) is 10.5. The summed E-state index contributed by atoms with van der Waals surface area (Å²) in [4.78, 5) is 19.9. The van der Waals surface area contributed by atoms with Gasteiger partial charge in [-0.3, -0.25) is 9.79 Å². The number of aliphatic imine (C=N–C) groups is 1. The van der Waals surface area contributed by atoms with Crippen LogP contribution in [0.15, 0.2) is 52.8 Å². The first-order chi connectivity index (χ1) is 13.8. The second-order valence-electron chi connectivity index (χ2n) is 7.11. The van der Waals surface area contributed by atoms with Crippen LogP contribution in [0.2, 0.25) is 0 Å². The third-order valence-corrected chi connectivity index (χ3v) is 5.78. The van der Waals surface area contributed by atoms with Crippen molar-refractivity contribution in [1.82, 2.24) is 15.5 Å². The lowest BCUT2D eigenvalue weighted by atomic mass is 9.99. The van der Waals surface area contributed by atoms with Gasteiger partial charge in [0.1, 0.15) is 0 Å². The van der Waals surface area contributed by atoms with E-state index in [1.807, 2.05) is 17.5 Å². The van der Waals surface area contributed by atoms with Gasteiger partial charge in [0.05, 0.1) is 4.88 Å². The fourth-order valence-corrected chi connectivity index (χ4v) is 4.17. The number of hydrogen-bond acceptors (Lipinski definition) is 3. The summed E-state index contributed by atoms with van der Waals surface area (Å²) in [7, 11) is 0. The molecule has 1 saturated heterocycles. The molecule has 0 spiro atoms. The van der Waals surface area contributed by atoms with Crippen LogP contribution in [-0.4, -0.2) is 49.5 Å². The van der Waals surface area contributed by atoms with E-state index in [0.717, 1.165) is 43.3 Å². The Balaban J connectivity index is 0.00000300. The molecule has 1 atom stereocenters. The lowest BCUT2D eigenvalue weighted by Crippen LogP contribution is -2.40. The summed E-state index contributed by atoms with van der Waals surface area (Å²) in [6.07, 6.45) is 3.18. The topological polar surface area (TPSA) is 56.7 Å². The predicted molar refractivity (Wildman–Crippen MR) is 132 cm³/mol. The predicted octanol–water partition coefficient (Wildman–Crippen LogP) is 4.02. The molecule has 1 fully saturated rings. The Morgan fingerprint density at radius 1 is 1.21 bits per heavy atom. The van der Waals surface area contributed by atoms with Crippen LogP contribution in [0.25, 0.3) is 0 Å². The normalized spacial score (nSPS) is 16.4. The number of halogens is 1. The highest BCUT2D eigenvalue weighted by molar-refractivity contribution is 14.0. The Morgan fingerprint density at radius 2 is 2.03 bits per heavy atom. The summed E-state index contributed by atoms with van der Waals surface area (Å²) in [5.74, 6) is 1.69. The molecule has 1 aromatic heterocycles. The maximum Gasteiger partial charge on any atom is 0.261 e. The third kappa shape index (κ3) is 7.62. The monoisotopic (exact) mass is 526 g/mol. The zero-order valence-electron chi connectivity index (χ0n) is 17.0. The first-order valence-corrected chi connectivity index (χ1v) is 11.0. The van der Waals surface area contributed by atoms with Gasteiger partial charge in [0.25, 0.3) is 5.91 Å². The zero-order chi connectivity index (χ0) is 19.6. The number of nitrogens with one attached hydrogen (secondary N) is 2. The molecule has 0 saturated carbocycles. The largest absolute Gasteiger partial charge is 0.357 e. The van der Waals surface area contributed by atoms with E-state index in [0.29, 0.717) is 19.0 Å². The lowest BCUT2D eigenvalue weighted by Gasteiger charge is -2.21. The zero-order valence-corrected chi connectivity index (χ0v) is 20.1. The van der Waals surface area contributed by atoms with E-state index in [2.05, 4.69) is 52.8 Å². The molecule has 2 aromatic rings. The molecule has 0 radical (unpaired) electrons. The number of benzene rings is 1. The Labute approximate surface area is 195 Å². The van der Waals surface area contributed by atoms with Crippen LogP contribution in [0.1, 0.15) is 35.0 Å². The van der Waals surface area contributed by atoms with Gasteiger partial charge in [-0.1, -0.05) is 36.4 Å². The molecule has 29 heavy (non-hydrogen) atoms. The van der Waals surface area contributed by atoms with E-state index in [-0.39, 0.29) is 29.9 Å². The molecule has 0 bridgehead atoms. The number of carbonyl (C=O) groups excluding carboxylic acids is 1. The summed E-state index contributed by atoms with van der Waals surface area (Å²) < 4.78 is 0. The number of likely N-dealkylation sites (tertiary alicyclic amines) is 1. The summed E-state index contributed by atoms with van der Waals surface area (Å²) in [6, 6.07) is 14.5. The molecule has 3 rings (SSSR count). The average Bonchev–Trinajstić information content (AvgIpc) is 3.40. The second kappa shape index (κ2) is 12.8. The number of thiophene rings is 1. The van der Waals surface area contributed by atoms with Crippen LogP contribution >= 0.6 is 35.3 Å². The van der Waals surface area contributed by atoms with Crippen LogP contribution < -0.4 is 10.6 Å². The molecule has 1 aliphatic rings. The molecule has 1 aromatic carbocycles. The van der Waals surface area contributed by atoms with Gasteiger partial charge in [-0.2, -0.15) is 0 Å². The van der Waals surface area contributed by atoms with Crippen molar-refractivity contribution in [3.8, 4) is 0 Å². The minimum absolute atomic E-state index is 0. The van der Waals surface area contributed by atoms with E-state index in [9.17, 15) is 4.79 Å². The number of nitrogens with zero attached hydrogens (tertiary/aromatic N) is 2. The van der Waals surface area contributed by atoms with Crippen molar-refractivity contribution in [1.29, 1.82) is 0 Å². The van der Waals surface area contributed by atoms with Crippen molar-refractivity contribution in [2.45, 2.75) is 26.2 Å². The molecule has 1 amide bonds. The van der Waals surface area contributed by atoms with Gasteiger partial charge < -0.3 is 15.5 Å². The minimum Gasteiger partial charge on any atom is -0.357 e. The van der Waals surface area contributed by atoms with Gasteiger partial charge in [-0.05, 0) is 49.1 Å². The SMILES string of the molecule is CCNC(=NCCCNC(=O)c1cccs1)N1CCC(Cc2ccccc2)C1.I. The van der Waals surface area contributed by atoms with Crippen molar-refractivity contribution in [3.05, 3.63) is 58.3 Å². The Morgan fingerprint density at radius 3 is 2.76 bits per heavy atom. The molecule has 1 aliphatic heterocycles. The van der Waals surface area contributed by atoms with Crippen LogP contribution in [0.5, 0.6) is 0 Å². The van der Waals surface area contributed by atoms with Gasteiger partial charge >= 0.3 is 0 Å². The van der Waals surface area contributed by atoms with Crippen molar-refractivity contribution >= 4 is 47.2 Å². The Hall–Kier alpha value is -1.61. The van der Waals surface area contributed by atoms with E-state index >= 15 is 0 Å². The van der Waals surface area contributed by atoms with Crippen LogP contribution in [0, 0.1) is 5.92 Å². The second-order valence-corrected chi connectivity index (χ2v) is 8.06. The molecule has 158 valence electrons. The van der Waals surface area contributed by atoms with Gasteiger partial charge in [-0.25, -0.2) is 0 Å². The summed E-state index contributed by atoms with van der Waals surface area (Å²) in [6.45, 7) is 6.44. The fourth-order valence-electron chi connectivity index (χ4n) is 3.53. The van der Waals surface area contributed by atoms with Crippen molar-refractivity contribution in [2.24, 2.45) is 10.9 Å². The summed E-state index contributed by atoms with van der Waals surface area (Å²) in [5, 5.41) is 8.30. The maximum atomic E-state index is 11.9. The number of amides is 1. The highest BCUT2D eigenvalue weighted by Gasteiger charge is 2.24. The number of guanidine groups is 1. The van der Waals surface area contributed by atoms with Crippen LogP contribution in [0.4, 0.5) is 0 Å². The molecule has 0 aliphatic carbocycles. The number of hydrogen-bond donors (Lipinski definition) is 2. The van der Waals surface area contributed by atoms with E-state index in [1.165, 1.54) is 23.3 Å². The number of rotatable bonds is 8. The molecule has 1 unspecified atom stereocenters. The highest BCUT2D eigenvalue weighted by atomic mass is 127. The van der Waals surface area contributed by atoms with Crippen molar-refractivity contribution < 1.29 is 4.79 Å². The highest BCUT2D eigenvalue weighted by Crippen LogP contribution is 2.20. The van der Waals surface area contributed by atoms with Crippen LogP contribution in [-0.2, 0) is 6.42 Å². The first-order valence-electron chi connectivity index (χ1n) is 10.1. The quantitative estimate of drug-likeness (QED) is 0.237. The maximum absolute atomic E-state index is 11.9. The van der Waals surface area contributed by atoms with E-state index in [1.54, 1.807) is 0 Å². The van der Waals surface area contributed by atoms with Gasteiger partial charge in [0, 0.05) is 32.7 Å². The lowest BCUT2D eigenvalue weighted by molar-refractivity contribution is 0.0957. The van der Waals surface area contributed by atoms with Gasteiger partial charge in [-0.15, -0.1) is 35.3 Å². The molecule has 2 heterocycles. The van der Waals surface area contributed by atoms with Gasteiger partial charge in [0.15, 0.2) is 5.96 Å². The van der Waals surface area contributed by atoms with E-state index in [4.69, 9.17) is 4.99 Å².